The number of fused-ring (bicyclic) bond motifs is 1. The minimum Gasteiger partial charge on any atom is -0.481 e. The lowest BCUT2D eigenvalue weighted by Gasteiger charge is -2.32. The molecule has 0 aliphatic carbocycles. The first kappa shape index (κ1) is 23.1. The van der Waals surface area contributed by atoms with Crippen molar-refractivity contribution < 1.29 is 9.47 Å². The Morgan fingerprint density at radius 3 is 2.88 bits per heavy atom. The topological polar surface area (TPSA) is 79.0 Å². The zero-order valence-electron chi connectivity index (χ0n) is 20.8. The van der Waals surface area contributed by atoms with Gasteiger partial charge in [-0.15, -0.1) is 0 Å². The van der Waals surface area contributed by atoms with E-state index in [0.29, 0.717) is 37.0 Å². The van der Waals surface area contributed by atoms with E-state index in [0.717, 1.165) is 48.4 Å². The average Bonchev–Trinajstić information content (AvgIpc) is 3.35. The molecule has 2 aliphatic heterocycles. The average molecular weight is 465 g/mol. The monoisotopic (exact) mass is 464 g/mol. The normalized spacial score (nSPS) is 20.9. The predicted molar refractivity (Wildman–Crippen MR) is 131 cm³/mol. The summed E-state index contributed by atoms with van der Waals surface area (Å²) in [6.45, 7) is 10.1. The van der Waals surface area contributed by atoms with E-state index in [1.165, 1.54) is 24.1 Å². The summed E-state index contributed by atoms with van der Waals surface area (Å²) in [7, 11) is 1.65. The molecular weight excluding hydrogens is 428 g/mol. The summed E-state index contributed by atoms with van der Waals surface area (Å²) in [6, 6.07) is 2.68. The number of piperidine rings is 1. The number of hydrogen-bond donors (Lipinski definition) is 1. The van der Waals surface area contributed by atoms with Crippen LogP contribution in [0.3, 0.4) is 0 Å². The molecule has 0 amide bonds. The smallest absolute Gasteiger partial charge is 0.216 e. The molecule has 3 aromatic rings. The van der Waals surface area contributed by atoms with Crippen LogP contribution < -0.4 is 10.1 Å². The molecule has 0 saturated carbocycles. The van der Waals surface area contributed by atoms with Gasteiger partial charge in [-0.3, -0.25) is 4.68 Å². The van der Waals surface area contributed by atoms with Crippen LogP contribution in [0.15, 0.2) is 24.7 Å². The van der Waals surface area contributed by atoms with Gasteiger partial charge >= 0.3 is 0 Å². The maximum atomic E-state index is 5.81. The van der Waals surface area contributed by atoms with Crippen LogP contribution in [0.2, 0.25) is 0 Å². The Labute approximate surface area is 201 Å². The quantitative estimate of drug-likeness (QED) is 0.601. The molecule has 0 radical (unpaired) electrons. The lowest BCUT2D eigenvalue weighted by Crippen LogP contribution is -2.42. The highest BCUT2D eigenvalue weighted by Crippen LogP contribution is 2.31. The minimum absolute atomic E-state index is 0.599. The third-order valence-electron chi connectivity index (χ3n) is 7.23. The second-order valence-corrected chi connectivity index (χ2v) is 9.96. The van der Waals surface area contributed by atoms with Crippen LogP contribution in [0.1, 0.15) is 43.5 Å². The standard InChI is InChI=1S/C26H36N6O2/c1-17(2)23-12-19(5-8-27-23)15-31-16-20(13-29-31)25-22-6-9-34-10-7-24(22)32(30-25)21-11-18(3)26(33-4)28-14-21/h11,13-14,16-17,19,23,27H,5-10,12,15H2,1-4H3/t19-,23?/m1/s1. The van der Waals surface area contributed by atoms with Crippen LogP contribution in [-0.4, -0.2) is 57.5 Å². The van der Waals surface area contributed by atoms with Crippen molar-refractivity contribution in [3.63, 3.8) is 0 Å². The highest BCUT2D eigenvalue weighted by molar-refractivity contribution is 5.64. The Balaban J connectivity index is 1.44. The number of methoxy groups -OCH3 is 1. The molecular formula is C26H36N6O2. The molecule has 1 saturated heterocycles. The summed E-state index contributed by atoms with van der Waals surface area (Å²) in [5.41, 5.74) is 6.47. The second kappa shape index (κ2) is 9.88. The van der Waals surface area contributed by atoms with Crippen molar-refractivity contribution in [1.82, 2.24) is 29.9 Å². The maximum Gasteiger partial charge on any atom is 0.216 e. The molecule has 2 atom stereocenters. The van der Waals surface area contributed by atoms with E-state index in [1.54, 1.807) is 7.11 Å². The van der Waals surface area contributed by atoms with Crippen molar-refractivity contribution in [2.45, 2.75) is 59.0 Å². The molecule has 0 bridgehead atoms. The van der Waals surface area contributed by atoms with Crippen LogP contribution in [0.4, 0.5) is 0 Å². The van der Waals surface area contributed by atoms with E-state index < -0.39 is 0 Å². The van der Waals surface area contributed by atoms with Crippen LogP contribution in [0, 0.1) is 18.8 Å². The van der Waals surface area contributed by atoms with E-state index in [9.17, 15) is 0 Å². The largest absolute Gasteiger partial charge is 0.481 e. The molecule has 1 fully saturated rings. The lowest BCUT2D eigenvalue weighted by atomic mass is 9.87. The molecule has 5 heterocycles. The molecule has 5 rings (SSSR count). The zero-order valence-corrected chi connectivity index (χ0v) is 20.8. The fourth-order valence-corrected chi connectivity index (χ4v) is 5.33. The molecule has 0 spiro atoms. The molecule has 182 valence electrons. The Morgan fingerprint density at radius 1 is 1.24 bits per heavy atom. The first-order chi connectivity index (χ1) is 16.5. The van der Waals surface area contributed by atoms with Crippen molar-refractivity contribution in [3.05, 3.63) is 41.5 Å². The molecule has 8 nitrogen and oxygen atoms in total. The number of nitrogens with one attached hydrogen (secondary N) is 1. The van der Waals surface area contributed by atoms with E-state index in [1.807, 2.05) is 24.0 Å². The van der Waals surface area contributed by atoms with Crippen molar-refractivity contribution in [1.29, 1.82) is 0 Å². The van der Waals surface area contributed by atoms with Gasteiger partial charge in [-0.2, -0.15) is 10.2 Å². The number of pyridine rings is 1. The number of rotatable bonds is 6. The molecule has 2 aliphatic rings. The van der Waals surface area contributed by atoms with Crippen molar-refractivity contribution in [2.24, 2.45) is 11.8 Å². The predicted octanol–water partition coefficient (Wildman–Crippen LogP) is 3.59. The summed E-state index contributed by atoms with van der Waals surface area (Å²) in [5.74, 6) is 1.95. The highest BCUT2D eigenvalue weighted by Gasteiger charge is 2.26. The SMILES string of the molecule is COc1ncc(-n2nc(-c3cnn(C[C@@H]4CCNC(C(C)C)C4)c3)c3c2CCOCC3)cc1C. The summed E-state index contributed by atoms with van der Waals surface area (Å²) in [4.78, 5) is 4.48. The van der Waals surface area contributed by atoms with Gasteiger partial charge in [0.15, 0.2) is 0 Å². The molecule has 1 N–H and O–H groups in total. The highest BCUT2D eigenvalue weighted by atomic mass is 16.5. The van der Waals surface area contributed by atoms with E-state index >= 15 is 0 Å². The first-order valence-electron chi connectivity index (χ1n) is 12.5. The number of aryl methyl sites for hydroxylation is 1. The number of aromatic nitrogens is 5. The van der Waals surface area contributed by atoms with Gasteiger partial charge in [-0.05, 0) is 50.6 Å². The van der Waals surface area contributed by atoms with E-state index in [2.05, 4.69) is 41.1 Å². The fourth-order valence-electron chi connectivity index (χ4n) is 5.33. The third-order valence-corrected chi connectivity index (χ3v) is 7.23. The Kier molecular flexibility index (Phi) is 6.70. The van der Waals surface area contributed by atoms with E-state index in [-0.39, 0.29) is 0 Å². The van der Waals surface area contributed by atoms with Gasteiger partial charge in [0.2, 0.25) is 5.88 Å². The van der Waals surface area contributed by atoms with Gasteiger partial charge in [0.25, 0.3) is 0 Å². The van der Waals surface area contributed by atoms with Gasteiger partial charge < -0.3 is 14.8 Å². The van der Waals surface area contributed by atoms with Crippen LogP contribution in [-0.2, 0) is 24.1 Å². The molecule has 1 unspecified atom stereocenters. The van der Waals surface area contributed by atoms with E-state index in [4.69, 9.17) is 19.7 Å². The lowest BCUT2D eigenvalue weighted by molar-refractivity contribution is 0.145. The van der Waals surface area contributed by atoms with Crippen molar-refractivity contribution in [2.75, 3.05) is 26.9 Å². The number of hydrogen-bond acceptors (Lipinski definition) is 6. The third kappa shape index (κ3) is 4.61. The van der Waals surface area contributed by atoms with Crippen LogP contribution >= 0.6 is 0 Å². The fraction of sp³-hybridized carbons (Fsp3) is 0.577. The van der Waals surface area contributed by atoms with Crippen LogP contribution in [0.25, 0.3) is 16.9 Å². The van der Waals surface area contributed by atoms with Crippen molar-refractivity contribution in [3.8, 4) is 22.8 Å². The summed E-state index contributed by atoms with van der Waals surface area (Å²) >= 11 is 0. The Hall–Kier alpha value is -2.71. The molecule has 8 heteroatoms. The number of nitrogens with zero attached hydrogens (tertiary/aromatic N) is 5. The summed E-state index contributed by atoms with van der Waals surface area (Å²) in [5, 5.41) is 13.5. The molecule has 34 heavy (non-hydrogen) atoms. The van der Waals surface area contributed by atoms with Gasteiger partial charge in [-0.1, -0.05) is 13.8 Å². The maximum absolute atomic E-state index is 5.81. The minimum atomic E-state index is 0.599. The first-order valence-corrected chi connectivity index (χ1v) is 12.5. The Morgan fingerprint density at radius 2 is 2.09 bits per heavy atom. The van der Waals surface area contributed by atoms with Gasteiger partial charge in [0.05, 0.1) is 49.8 Å². The second-order valence-electron chi connectivity index (χ2n) is 9.96. The number of ether oxygens (including phenoxy) is 2. The molecule has 0 aromatic carbocycles. The van der Waals surface area contributed by atoms with Crippen LogP contribution in [0.5, 0.6) is 5.88 Å². The molecule has 3 aromatic heterocycles. The Bertz CT molecular complexity index is 1130. The summed E-state index contributed by atoms with van der Waals surface area (Å²) in [6.07, 6.45) is 10.1. The van der Waals surface area contributed by atoms with Crippen molar-refractivity contribution >= 4 is 0 Å². The summed E-state index contributed by atoms with van der Waals surface area (Å²) < 4.78 is 15.3. The van der Waals surface area contributed by atoms with Gasteiger partial charge in [0.1, 0.15) is 0 Å². The zero-order chi connectivity index (χ0) is 23.7. The van der Waals surface area contributed by atoms with Gasteiger partial charge in [0, 0.05) is 41.9 Å². The van der Waals surface area contributed by atoms with Gasteiger partial charge in [-0.25, -0.2) is 9.67 Å².